The van der Waals surface area contributed by atoms with Gasteiger partial charge < -0.3 is 19.1 Å². The van der Waals surface area contributed by atoms with Gasteiger partial charge in [-0.05, 0) is 26.0 Å². The lowest BCUT2D eigenvalue weighted by Crippen LogP contribution is -2.66. The molecule has 1 fully saturated rings. The van der Waals surface area contributed by atoms with Crippen LogP contribution in [0.15, 0.2) is 18.2 Å². The van der Waals surface area contributed by atoms with Crippen molar-refractivity contribution in [1.29, 1.82) is 0 Å². The molecule has 0 bridgehead atoms. The van der Waals surface area contributed by atoms with Crippen molar-refractivity contribution in [1.82, 2.24) is 4.90 Å². The third kappa shape index (κ3) is 3.20. The first kappa shape index (κ1) is 17.8. The first-order valence-corrected chi connectivity index (χ1v) is 7.63. The summed E-state index contributed by atoms with van der Waals surface area (Å²) in [7, 11) is 3.05. The molecule has 1 amide bonds. The average molecular weight is 335 g/mol. The van der Waals surface area contributed by atoms with E-state index in [-0.39, 0.29) is 24.8 Å². The van der Waals surface area contributed by atoms with Crippen molar-refractivity contribution in [2.24, 2.45) is 5.92 Å². The Morgan fingerprint density at radius 3 is 2.46 bits per heavy atom. The largest absolute Gasteiger partial charge is 0.497 e. The lowest BCUT2D eigenvalue weighted by molar-refractivity contribution is -0.177. The number of methoxy groups -OCH3 is 2. The standard InChI is InChI=1S/C17H21NO6/c1-5-24-17(21)15-14(10(2)19)16(20)18(15)9-11-6-7-12(22-3)8-13(11)23-4/h6-8,14-15H,5,9H2,1-4H3/t14-,15-/m1/s1. The van der Waals surface area contributed by atoms with Gasteiger partial charge in [0.15, 0.2) is 0 Å². The van der Waals surface area contributed by atoms with Gasteiger partial charge in [-0.15, -0.1) is 0 Å². The second kappa shape index (κ2) is 7.33. The predicted octanol–water partition coefficient (Wildman–Crippen LogP) is 1.18. The molecule has 0 aliphatic carbocycles. The Balaban J connectivity index is 2.25. The Labute approximate surface area is 140 Å². The van der Waals surface area contributed by atoms with E-state index in [1.165, 1.54) is 18.9 Å². The van der Waals surface area contributed by atoms with Gasteiger partial charge in [0.2, 0.25) is 5.91 Å². The molecule has 1 aliphatic rings. The first-order chi connectivity index (χ1) is 11.4. The fourth-order valence-corrected chi connectivity index (χ4v) is 2.78. The summed E-state index contributed by atoms with van der Waals surface area (Å²) in [6.07, 6.45) is 0. The molecule has 1 saturated heterocycles. The molecular weight excluding hydrogens is 314 g/mol. The van der Waals surface area contributed by atoms with Crippen LogP contribution in [-0.4, -0.2) is 49.4 Å². The first-order valence-electron chi connectivity index (χ1n) is 7.63. The normalized spacial score (nSPS) is 19.5. The molecule has 2 atom stereocenters. The number of β-lactam (4-membered cyclic amide) rings is 1. The minimum absolute atomic E-state index is 0.152. The van der Waals surface area contributed by atoms with E-state index in [1.54, 1.807) is 32.2 Å². The molecule has 0 spiro atoms. The summed E-state index contributed by atoms with van der Waals surface area (Å²) in [6, 6.07) is 4.31. The van der Waals surface area contributed by atoms with Gasteiger partial charge >= 0.3 is 5.97 Å². The SMILES string of the molecule is CCOC(=O)[C@H]1[C@@H](C(C)=O)C(=O)N1Cc1ccc(OC)cc1OC. The number of esters is 1. The second-order valence-electron chi connectivity index (χ2n) is 5.43. The fourth-order valence-electron chi connectivity index (χ4n) is 2.78. The number of likely N-dealkylation sites (tertiary alicyclic amines) is 1. The van der Waals surface area contributed by atoms with Crippen LogP contribution < -0.4 is 9.47 Å². The minimum Gasteiger partial charge on any atom is -0.497 e. The van der Waals surface area contributed by atoms with E-state index in [0.717, 1.165) is 0 Å². The molecule has 0 radical (unpaired) electrons. The van der Waals surface area contributed by atoms with Crippen LogP contribution in [0.25, 0.3) is 0 Å². The molecule has 1 aliphatic heterocycles. The number of ether oxygens (including phenoxy) is 3. The van der Waals surface area contributed by atoms with Crippen molar-refractivity contribution in [3.63, 3.8) is 0 Å². The second-order valence-corrected chi connectivity index (χ2v) is 5.43. The number of nitrogens with zero attached hydrogens (tertiary/aromatic N) is 1. The molecule has 2 rings (SSSR count). The third-order valence-electron chi connectivity index (χ3n) is 4.00. The van der Waals surface area contributed by atoms with Crippen LogP contribution in [0, 0.1) is 5.92 Å². The molecular formula is C17H21NO6. The van der Waals surface area contributed by atoms with Crippen LogP contribution in [-0.2, 0) is 25.7 Å². The van der Waals surface area contributed by atoms with Gasteiger partial charge in [-0.2, -0.15) is 0 Å². The summed E-state index contributed by atoms with van der Waals surface area (Å²) in [5.41, 5.74) is 0.711. The van der Waals surface area contributed by atoms with Crippen LogP contribution in [0.1, 0.15) is 19.4 Å². The number of hydrogen-bond donors (Lipinski definition) is 0. The number of carbonyl (C=O) groups excluding carboxylic acids is 3. The number of hydrogen-bond acceptors (Lipinski definition) is 6. The van der Waals surface area contributed by atoms with Gasteiger partial charge in [0, 0.05) is 11.6 Å². The van der Waals surface area contributed by atoms with Gasteiger partial charge in [0.25, 0.3) is 0 Å². The Bertz CT molecular complexity index is 656. The Hall–Kier alpha value is -2.57. The van der Waals surface area contributed by atoms with Crippen molar-refractivity contribution in [2.75, 3.05) is 20.8 Å². The van der Waals surface area contributed by atoms with E-state index in [1.807, 2.05) is 0 Å². The highest BCUT2D eigenvalue weighted by Crippen LogP contribution is 2.33. The molecule has 0 N–H and O–H groups in total. The highest BCUT2D eigenvalue weighted by atomic mass is 16.5. The zero-order chi connectivity index (χ0) is 17.9. The number of carbonyl (C=O) groups is 3. The van der Waals surface area contributed by atoms with Crippen LogP contribution in [0.2, 0.25) is 0 Å². The highest BCUT2D eigenvalue weighted by molar-refractivity contribution is 6.11. The van der Waals surface area contributed by atoms with E-state index in [9.17, 15) is 14.4 Å². The lowest BCUT2D eigenvalue weighted by Gasteiger charge is -2.44. The lowest BCUT2D eigenvalue weighted by atomic mass is 9.83. The van der Waals surface area contributed by atoms with E-state index < -0.39 is 17.9 Å². The number of Topliss-reactive ketones (excluding diaryl/α,β-unsaturated/α-hetero) is 1. The van der Waals surface area contributed by atoms with Crippen molar-refractivity contribution in [3.05, 3.63) is 23.8 Å². The van der Waals surface area contributed by atoms with Crippen LogP contribution in [0.5, 0.6) is 11.5 Å². The Kier molecular flexibility index (Phi) is 5.43. The molecule has 7 nitrogen and oxygen atoms in total. The molecule has 7 heteroatoms. The van der Waals surface area contributed by atoms with E-state index >= 15 is 0 Å². The predicted molar refractivity (Wildman–Crippen MR) is 84.7 cm³/mol. The Morgan fingerprint density at radius 1 is 1.21 bits per heavy atom. The van der Waals surface area contributed by atoms with Crippen molar-refractivity contribution in [2.45, 2.75) is 26.4 Å². The van der Waals surface area contributed by atoms with Crippen molar-refractivity contribution < 1.29 is 28.6 Å². The molecule has 130 valence electrons. The van der Waals surface area contributed by atoms with Gasteiger partial charge in [-0.25, -0.2) is 4.79 Å². The summed E-state index contributed by atoms with van der Waals surface area (Å²) in [5, 5.41) is 0. The van der Waals surface area contributed by atoms with Crippen LogP contribution in [0.4, 0.5) is 0 Å². The maximum Gasteiger partial charge on any atom is 0.330 e. The van der Waals surface area contributed by atoms with Crippen LogP contribution >= 0.6 is 0 Å². The zero-order valence-corrected chi connectivity index (χ0v) is 14.2. The Morgan fingerprint density at radius 2 is 1.92 bits per heavy atom. The summed E-state index contributed by atoms with van der Waals surface area (Å²) in [4.78, 5) is 37.4. The topological polar surface area (TPSA) is 82.1 Å². The molecule has 0 saturated carbocycles. The number of rotatable bonds is 7. The van der Waals surface area contributed by atoms with E-state index in [0.29, 0.717) is 17.1 Å². The van der Waals surface area contributed by atoms with E-state index in [4.69, 9.17) is 14.2 Å². The molecule has 1 aromatic rings. The van der Waals surface area contributed by atoms with Gasteiger partial charge in [0.1, 0.15) is 29.2 Å². The van der Waals surface area contributed by atoms with Gasteiger partial charge in [-0.1, -0.05) is 0 Å². The fraction of sp³-hybridized carbons (Fsp3) is 0.471. The molecule has 0 aromatic heterocycles. The average Bonchev–Trinajstić information content (AvgIpc) is 2.56. The smallest absolute Gasteiger partial charge is 0.330 e. The molecule has 1 aromatic carbocycles. The number of benzene rings is 1. The van der Waals surface area contributed by atoms with Crippen molar-refractivity contribution in [3.8, 4) is 11.5 Å². The van der Waals surface area contributed by atoms with Gasteiger partial charge in [0.05, 0.1) is 27.4 Å². The summed E-state index contributed by atoms with van der Waals surface area (Å²) < 4.78 is 15.4. The third-order valence-corrected chi connectivity index (χ3v) is 4.00. The summed E-state index contributed by atoms with van der Waals surface area (Å²) in [5.74, 6) is -1.09. The zero-order valence-electron chi connectivity index (χ0n) is 14.2. The quantitative estimate of drug-likeness (QED) is 0.423. The monoisotopic (exact) mass is 335 g/mol. The van der Waals surface area contributed by atoms with Gasteiger partial charge in [-0.3, -0.25) is 9.59 Å². The summed E-state index contributed by atoms with van der Waals surface area (Å²) >= 11 is 0. The minimum atomic E-state index is -0.965. The van der Waals surface area contributed by atoms with Crippen molar-refractivity contribution >= 4 is 17.7 Å². The number of ketones is 1. The highest BCUT2D eigenvalue weighted by Gasteiger charge is 2.54. The maximum absolute atomic E-state index is 12.3. The van der Waals surface area contributed by atoms with Crippen LogP contribution in [0.3, 0.4) is 0 Å². The summed E-state index contributed by atoms with van der Waals surface area (Å²) in [6.45, 7) is 3.32. The molecule has 24 heavy (non-hydrogen) atoms. The molecule has 1 heterocycles. The maximum atomic E-state index is 12.3. The van der Waals surface area contributed by atoms with E-state index in [2.05, 4.69) is 0 Å². The number of amides is 1. The molecule has 0 unspecified atom stereocenters.